The Morgan fingerprint density at radius 1 is 0.938 bits per heavy atom. The third-order valence-corrected chi connectivity index (χ3v) is 3.12. The summed E-state index contributed by atoms with van der Waals surface area (Å²) in [5, 5.41) is 10.5. The summed E-state index contributed by atoms with van der Waals surface area (Å²) in [5.41, 5.74) is 1.37. The highest BCUT2D eigenvalue weighted by Gasteiger charge is 2.15. The molecule has 1 aromatic carbocycles. The van der Waals surface area contributed by atoms with Gasteiger partial charge in [0.25, 0.3) is 0 Å². The number of benzene rings is 1. The van der Waals surface area contributed by atoms with Crippen LogP contribution >= 0.6 is 0 Å². The Labute approximate surface area is 97.3 Å². The van der Waals surface area contributed by atoms with Crippen molar-refractivity contribution in [1.82, 2.24) is 9.80 Å². The Bertz CT molecular complexity index is 294. The number of hydrogen-bond acceptors (Lipinski definition) is 2. The van der Waals surface area contributed by atoms with Crippen LogP contribution in [0.1, 0.15) is 5.56 Å². The van der Waals surface area contributed by atoms with Gasteiger partial charge in [-0.05, 0) is 5.56 Å². The van der Waals surface area contributed by atoms with Crippen LogP contribution in [0, 0.1) is 0 Å². The van der Waals surface area contributed by atoms with Crippen LogP contribution in [-0.2, 0) is 11.7 Å². The third-order valence-electron chi connectivity index (χ3n) is 3.12. The molecule has 1 heterocycles. The molecule has 87 valence electrons. The van der Waals surface area contributed by atoms with Crippen molar-refractivity contribution in [1.29, 1.82) is 0 Å². The second-order valence-corrected chi connectivity index (χ2v) is 4.31. The number of nitrogens with zero attached hydrogens (tertiary/aromatic N) is 2. The summed E-state index contributed by atoms with van der Waals surface area (Å²) >= 11 is 0. The summed E-state index contributed by atoms with van der Waals surface area (Å²) in [5.74, 6) is 0. The van der Waals surface area contributed by atoms with E-state index in [1.807, 2.05) is 0 Å². The van der Waals surface area contributed by atoms with Gasteiger partial charge in [0.2, 0.25) is 0 Å². The highest BCUT2D eigenvalue weighted by Crippen LogP contribution is 2.07. The summed E-state index contributed by atoms with van der Waals surface area (Å²) in [7, 11) is 0. The van der Waals surface area contributed by atoms with Crippen molar-refractivity contribution in [3.63, 3.8) is 0 Å². The Hall–Kier alpha value is -0.900. The zero-order valence-electron chi connectivity index (χ0n) is 9.64. The SMILES string of the molecule is [O]CCN1CCN(Cc2ccccc2)CC1. The predicted octanol–water partition coefficient (Wildman–Crippen LogP) is 1.23. The molecule has 0 atom stereocenters. The van der Waals surface area contributed by atoms with Gasteiger partial charge >= 0.3 is 0 Å². The number of hydrogen-bond donors (Lipinski definition) is 0. The molecule has 1 radical (unpaired) electrons. The van der Waals surface area contributed by atoms with Gasteiger partial charge in [-0.1, -0.05) is 30.3 Å². The van der Waals surface area contributed by atoms with E-state index in [4.69, 9.17) is 0 Å². The van der Waals surface area contributed by atoms with E-state index in [2.05, 4.69) is 40.1 Å². The molecule has 1 aliphatic rings. The molecule has 0 spiro atoms. The Morgan fingerprint density at radius 3 is 2.19 bits per heavy atom. The first kappa shape index (κ1) is 11.6. The van der Waals surface area contributed by atoms with Crippen molar-refractivity contribution in [2.75, 3.05) is 39.3 Å². The van der Waals surface area contributed by atoms with Gasteiger partial charge in [-0.15, -0.1) is 0 Å². The normalized spacial score (nSPS) is 18.8. The van der Waals surface area contributed by atoms with Gasteiger partial charge in [0.15, 0.2) is 0 Å². The smallest absolute Gasteiger partial charge is 0.0949 e. The average molecular weight is 219 g/mol. The van der Waals surface area contributed by atoms with Crippen molar-refractivity contribution in [3.8, 4) is 0 Å². The first-order chi connectivity index (χ1) is 7.88. The third kappa shape index (κ3) is 3.30. The van der Waals surface area contributed by atoms with Gasteiger partial charge < -0.3 is 0 Å². The average Bonchev–Trinajstić information content (AvgIpc) is 2.33. The van der Waals surface area contributed by atoms with E-state index in [-0.39, 0.29) is 6.61 Å². The van der Waals surface area contributed by atoms with Gasteiger partial charge in [-0.2, -0.15) is 0 Å². The molecule has 1 fully saturated rings. The largest absolute Gasteiger partial charge is 0.298 e. The maximum Gasteiger partial charge on any atom is 0.0949 e. The fraction of sp³-hybridized carbons (Fsp3) is 0.538. The Kier molecular flexibility index (Phi) is 4.34. The maximum atomic E-state index is 10.5. The highest BCUT2D eigenvalue weighted by molar-refractivity contribution is 5.14. The van der Waals surface area contributed by atoms with E-state index in [0.29, 0.717) is 6.54 Å². The predicted molar refractivity (Wildman–Crippen MR) is 63.7 cm³/mol. The van der Waals surface area contributed by atoms with Crippen LogP contribution in [-0.4, -0.2) is 49.1 Å². The zero-order valence-corrected chi connectivity index (χ0v) is 9.64. The van der Waals surface area contributed by atoms with Crippen molar-refractivity contribution < 1.29 is 5.11 Å². The van der Waals surface area contributed by atoms with Gasteiger partial charge in [0.05, 0.1) is 6.61 Å². The summed E-state index contributed by atoms with van der Waals surface area (Å²) < 4.78 is 0. The summed E-state index contributed by atoms with van der Waals surface area (Å²) in [4.78, 5) is 4.71. The van der Waals surface area contributed by atoms with Crippen LogP contribution in [0.15, 0.2) is 30.3 Å². The van der Waals surface area contributed by atoms with E-state index < -0.39 is 0 Å². The van der Waals surface area contributed by atoms with Crippen LogP contribution in [0.2, 0.25) is 0 Å². The van der Waals surface area contributed by atoms with Gasteiger partial charge in [-0.3, -0.25) is 9.80 Å². The first-order valence-corrected chi connectivity index (χ1v) is 5.95. The molecule has 0 amide bonds. The molecule has 0 bridgehead atoms. The lowest BCUT2D eigenvalue weighted by molar-refractivity contribution is 0.0893. The van der Waals surface area contributed by atoms with E-state index >= 15 is 0 Å². The summed E-state index contributed by atoms with van der Waals surface area (Å²) in [6, 6.07) is 10.6. The first-order valence-electron chi connectivity index (χ1n) is 5.95. The van der Waals surface area contributed by atoms with E-state index in [9.17, 15) is 5.11 Å². The monoisotopic (exact) mass is 219 g/mol. The number of rotatable bonds is 4. The van der Waals surface area contributed by atoms with Gasteiger partial charge in [0.1, 0.15) is 0 Å². The molecular weight excluding hydrogens is 200 g/mol. The molecule has 16 heavy (non-hydrogen) atoms. The van der Waals surface area contributed by atoms with Crippen LogP contribution in [0.4, 0.5) is 0 Å². The van der Waals surface area contributed by atoms with Crippen molar-refractivity contribution in [3.05, 3.63) is 35.9 Å². The molecule has 3 nitrogen and oxygen atoms in total. The lowest BCUT2D eigenvalue weighted by atomic mass is 10.2. The minimum atomic E-state index is 0.0265. The fourth-order valence-corrected chi connectivity index (χ4v) is 2.14. The molecule has 1 aliphatic heterocycles. The minimum absolute atomic E-state index is 0.0265. The quantitative estimate of drug-likeness (QED) is 0.761. The summed E-state index contributed by atoms with van der Waals surface area (Å²) in [6.45, 7) is 6.00. The molecule has 0 aliphatic carbocycles. The Balaban J connectivity index is 1.77. The second-order valence-electron chi connectivity index (χ2n) is 4.31. The molecule has 1 aromatic rings. The summed E-state index contributed by atoms with van der Waals surface area (Å²) in [6.07, 6.45) is 0. The highest BCUT2D eigenvalue weighted by atomic mass is 16.3. The van der Waals surface area contributed by atoms with Crippen molar-refractivity contribution in [2.45, 2.75) is 6.54 Å². The maximum absolute atomic E-state index is 10.5. The number of piperazine rings is 1. The van der Waals surface area contributed by atoms with Gasteiger partial charge in [-0.25, -0.2) is 5.11 Å². The molecule has 0 N–H and O–H groups in total. The molecule has 0 saturated carbocycles. The molecule has 2 rings (SSSR count). The Morgan fingerprint density at radius 2 is 1.56 bits per heavy atom. The molecule has 0 aromatic heterocycles. The van der Waals surface area contributed by atoms with E-state index in [1.165, 1.54) is 5.56 Å². The van der Waals surface area contributed by atoms with Crippen LogP contribution < -0.4 is 0 Å². The van der Waals surface area contributed by atoms with Crippen LogP contribution in [0.3, 0.4) is 0 Å². The van der Waals surface area contributed by atoms with E-state index in [1.54, 1.807) is 0 Å². The topological polar surface area (TPSA) is 26.4 Å². The molecule has 1 saturated heterocycles. The fourth-order valence-electron chi connectivity index (χ4n) is 2.14. The minimum Gasteiger partial charge on any atom is -0.298 e. The van der Waals surface area contributed by atoms with Gasteiger partial charge in [0, 0.05) is 39.3 Å². The molecular formula is C13H19N2O. The molecule has 0 unspecified atom stereocenters. The van der Waals surface area contributed by atoms with Crippen molar-refractivity contribution in [2.24, 2.45) is 0 Å². The van der Waals surface area contributed by atoms with Crippen LogP contribution in [0.5, 0.6) is 0 Å². The standard InChI is InChI=1S/C13H19N2O/c16-11-10-14-6-8-15(9-7-14)12-13-4-2-1-3-5-13/h1-5H,6-12H2. The second kappa shape index (κ2) is 5.99. The lowest BCUT2D eigenvalue weighted by Crippen LogP contribution is -2.46. The van der Waals surface area contributed by atoms with Crippen LogP contribution in [0.25, 0.3) is 0 Å². The lowest BCUT2D eigenvalue weighted by Gasteiger charge is -2.34. The zero-order chi connectivity index (χ0) is 11.2. The molecule has 3 heteroatoms. The van der Waals surface area contributed by atoms with E-state index in [0.717, 1.165) is 32.7 Å². The van der Waals surface area contributed by atoms with Crippen molar-refractivity contribution >= 4 is 0 Å².